The lowest BCUT2D eigenvalue weighted by molar-refractivity contribution is -0.117. The molecule has 0 aliphatic rings. The van der Waals surface area contributed by atoms with Gasteiger partial charge in [0.2, 0.25) is 11.8 Å². The summed E-state index contributed by atoms with van der Waals surface area (Å²) in [6.45, 7) is 8.16. The first-order chi connectivity index (χ1) is 18.2. The molecule has 2 amide bonds. The molecule has 2 aromatic heterocycles. The number of rotatable bonds is 9. The minimum atomic E-state index is -0.640. The number of nitrogens with two attached hydrogens (primary N) is 2. The minimum absolute atomic E-state index is 0.0557. The second-order valence-electron chi connectivity index (χ2n) is 14.2. The van der Waals surface area contributed by atoms with Crippen molar-refractivity contribution in [3.05, 3.63) is 47.2 Å². The summed E-state index contributed by atoms with van der Waals surface area (Å²) in [6, 6.07) is 9.11. The topological polar surface area (TPSA) is 142 Å². The number of nitrogens with one attached hydrogen (secondary N) is 1. The maximum Gasteiger partial charge on any atom is 0.254 e. The average molecular weight is 535 g/mol. The average Bonchev–Trinajstić information content (AvgIpc) is 3.38. The van der Waals surface area contributed by atoms with Gasteiger partial charge in [0.25, 0.3) is 5.91 Å². The quantitative estimate of drug-likeness (QED) is 0.246. The van der Waals surface area contributed by atoms with Crippen molar-refractivity contribution in [2.45, 2.75) is 55.7 Å². The maximum atomic E-state index is 13.0. The molecule has 40 heavy (non-hydrogen) atoms. The smallest absolute Gasteiger partial charge is 0.254 e. The van der Waals surface area contributed by atoms with Crippen LogP contribution in [0.2, 0.25) is 10.2 Å². The zero-order valence-corrected chi connectivity index (χ0v) is 25.9. The molecule has 0 aliphatic carbocycles. The number of carbonyl (C=O) groups is 2. The van der Waals surface area contributed by atoms with E-state index in [4.69, 9.17) is 21.1 Å². The summed E-state index contributed by atoms with van der Waals surface area (Å²) in [7, 11) is 14.9. The van der Waals surface area contributed by atoms with Crippen LogP contribution in [0.4, 0.5) is 11.7 Å². The van der Waals surface area contributed by atoms with Crippen LogP contribution >= 0.6 is 0 Å². The molecule has 2 heterocycles. The van der Waals surface area contributed by atoms with Crippen molar-refractivity contribution < 1.29 is 14.1 Å². The third kappa shape index (κ3) is 6.10. The summed E-state index contributed by atoms with van der Waals surface area (Å²) < 4.78 is 7.08. The number of nitrogens with zero attached hydrogens (tertiary/aromatic N) is 3. The summed E-state index contributed by atoms with van der Waals surface area (Å²) in [6.07, 6.45) is 0.738. The molecule has 0 saturated carbocycles. The molecule has 0 aliphatic heterocycles. The Morgan fingerprint density at radius 3 is 2.05 bits per heavy atom. The molecule has 9 nitrogen and oxygen atoms in total. The van der Waals surface area contributed by atoms with Gasteiger partial charge in [-0.15, -0.1) is 0 Å². The Bertz CT molecular complexity index is 1390. The minimum Gasteiger partial charge on any atom is -0.383 e. The van der Waals surface area contributed by atoms with E-state index in [2.05, 4.69) is 86.2 Å². The third-order valence-corrected chi connectivity index (χ3v) is 8.11. The van der Waals surface area contributed by atoms with Crippen LogP contribution in [0.1, 0.15) is 55.2 Å². The second kappa shape index (κ2) is 10.7. The van der Waals surface area contributed by atoms with Gasteiger partial charge in [0.1, 0.15) is 24.9 Å². The first-order valence-electron chi connectivity index (χ1n) is 13.7. The van der Waals surface area contributed by atoms with E-state index in [-0.39, 0.29) is 32.9 Å². The predicted molar refractivity (Wildman–Crippen MR) is 180 cm³/mol. The van der Waals surface area contributed by atoms with Crippen molar-refractivity contribution in [2.75, 3.05) is 11.1 Å². The summed E-state index contributed by atoms with van der Waals surface area (Å²) >= 11 is 0. The van der Waals surface area contributed by atoms with Crippen molar-refractivity contribution in [3.8, 4) is 11.3 Å². The van der Waals surface area contributed by atoms with Crippen LogP contribution < -0.4 is 16.8 Å². The van der Waals surface area contributed by atoms with Crippen molar-refractivity contribution >= 4 is 78.4 Å². The largest absolute Gasteiger partial charge is 0.383 e. The van der Waals surface area contributed by atoms with Crippen molar-refractivity contribution in [3.63, 3.8) is 0 Å². The van der Waals surface area contributed by atoms with Crippen LogP contribution in [0.15, 0.2) is 34.9 Å². The van der Waals surface area contributed by atoms with E-state index < -0.39 is 17.3 Å². The number of hydrogen-bond donors (Lipinski definition) is 3. The molecule has 0 bridgehead atoms. The van der Waals surface area contributed by atoms with Crippen molar-refractivity contribution in [1.82, 2.24) is 14.9 Å². The molecular formula is C24H39B7N6O3. The van der Waals surface area contributed by atoms with E-state index in [9.17, 15) is 9.59 Å². The number of nitrogen functional groups attached to an aromatic ring is 1. The van der Waals surface area contributed by atoms with Gasteiger partial charge in [-0.25, -0.2) is 0 Å². The number of benzene rings is 1. The molecule has 16 heteroatoms. The Kier molecular flexibility index (Phi) is 8.37. The second-order valence-corrected chi connectivity index (χ2v) is 14.2. The van der Waals surface area contributed by atoms with Crippen LogP contribution in [0.5, 0.6) is 0 Å². The molecule has 0 radical (unpaired) electrons. The van der Waals surface area contributed by atoms with E-state index in [0.717, 1.165) is 17.7 Å². The number of carbonyl (C=O) groups excluding carboxylic acids is 2. The Balaban J connectivity index is 1.92. The Hall–Kier alpha value is -3.17. The lowest BCUT2D eigenvalue weighted by atomic mass is 9.18. The van der Waals surface area contributed by atoms with E-state index in [1.54, 1.807) is 10.7 Å². The van der Waals surface area contributed by atoms with Gasteiger partial charge in [-0.05, 0) is 24.3 Å². The fourth-order valence-electron chi connectivity index (χ4n) is 5.29. The number of aromatic nitrogens is 3. The molecule has 0 fully saturated rings. The van der Waals surface area contributed by atoms with Gasteiger partial charge in [-0.2, -0.15) is 5.10 Å². The molecular weight excluding hydrogens is 496 g/mol. The summed E-state index contributed by atoms with van der Waals surface area (Å²) in [5, 5.41) is 11.3. The van der Waals surface area contributed by atoms with Gasteiger partial charge in [-0.1, -0.05) is 60.4 Å². The van der Waals surface area contributed by atoms with E-state index in [1.807, 2.05) is 31.2 Å². The molecule has 204 valence electrons. The highest BCUT2D eigenvalue weighted by Crippen LogP contribution is 2.48. The summed E-state index contributed by atoms with van der Waals surface area (Å²) in [4.78, 5) is 25.6. The SMILES string of the molecule is BC(B)(B)C(B)(n1nc(-c2ccc(C(C)C(=O)Nc3cc(CC(C)(C)C)no3)cc2)c(C(N)=O)c1N)C(B)(B)B. The Labute approximate surface area is 243 Å². The summed E-state index contributed by atoms with van der Waals surface area (Å²) in [5.74, 6) is -0.763. The van der Waals surface area contributed by atoms with Crippen molar-refractivity contribution in [2.24, 2.45) is 11.1 Å². The fourth-order valence-corrected chi connectivity index (χ4v) is 5.29. The first-order valence-corrected chi connectivity index (χ1v) is 13.7. The number of hydrogen-bond acceptors (Lipinski definition) is 6. The zero-order chi connectivity index (χ0) is 30.4. The monoisotopic (exact) mass is 536 g/mol. The van der Waals surface area contributed by atoms with Crippen LogP contribution in [-0.4, -0.2) is 81.7 Å². The molecule has 3 rings (SSSR count). The molecule has 3 aromatic rings. The third-order valence-electron chi connectivity index (χ3n) is 8.11. The molecule has 5 N–H and O–H groups in total. The van der Waals surface area contributed by atoms with Gasteiger partial charge in [0.15, 0.2) is 0 Å². The number of amides is 2. The Morgan fingerprint density at radius 1 is 1.02 bits per heavy atom. The lowest BCUT2D eigenvalue weighted by Gasteiger charge is -2.53. The van der Waals surface area contributed by atoms with Crippen LogP contribution in [0.25, 0.3) is 11.3 Å². The maximum absolute atomic E-state index is 13.0. The highest BCUT2D eigenvalue weighted by molar-refractivity contribution is 6.68. The lowest BCUT2D eigenvalue weighted by Crippen LogP contribution is -2.57. The molecule has 1 aromatic carbocycles. The molecule has 1 atom stereocenters. The zero-order valence-electron chi connectivity index (χ0n) is 25.9. The summed E-state index contributed by atoms with van der Waals surface area (Å²) in [5.41, 5.74) is 14.8. The van der Waals surface area contributed by atoms with Gasteiger partial charge in [-0.3, -0.25) is 19.6 Å². The normalized spacial score (nSPS) is 13.6. The number of anilines is 2. The highest BCUT2D eigenvalue weighted by atomic mass is 16.5. The van der Waals surface area contributed by atoms with Gasteiger partial charge in [0.05, 0.1) is 58.7 Å². The van der Waals surface area contributed by atoms with Crippen LogP contribution in [0, 0.1) is 5.41 Å². The van der Waals surface area contributed by atoms with Gasteiger partial charge < -0.3 is 16.0 Å². The number of primary amides is 1. The molecule has 1 unspecified atom stereocenters. The van der Waals surface area contributed by atoms with E-state index in [0.29, 0.717) is 17.1 Å². The van der Waals surface area contributed by atoms with Gasteiger partial charge >= 0.3 is 0 Å². The standard InChI is InChI=1S/C24H39B7N6O3/c1-11(20(39)34-15-9-14(36-40-15)10-21(2,3)4)12-5-7-13(8-6-12)17-16(19(33)38)18(32)37(35-17)22(25,23(26,27)28)24(29,30)31/h5-9,11H,10,25-32H2,1-4H3,(H2,33,38)(H,34,39). The predicted octanol–water partition coefficient (Wildman–Crippen LogP) is -3.22. The fraction of sp³-hybridized carbons (Fsp3) is 0.417. The van der Waals surface area contributed by atoms with Crippen molar-refractivity contribution in [1.29, 1.82) is 0 Å². The first kappa shape index (κ1) is 31.4. The Morgan fingerprint density at radius 2 is 1.57 bits per heavy atom. The van der Waals surface area contributed by atoms with Gasteiger partial charge in [0, 0.05) is 17.1 Å². The van der Waals surface area contributed by atoms with Crippen LogP contribution in [0.3, 0.4) is 0 Å². The molecule has 0 spiro atoms. The highest BCUT2D eigenvalue weighted by Gasteiger charge is 2.49. The van der Waals surface area contributed by atoms with Crippen LogP contribution in [-0.2, 0) is 16.7 Å². The van der Waals surface area contributed by atoms with E-state index >= 15 is 0 Å². The van der Waals surface area contributed by atoms with E-state index in [1.165, 1.54) is 0 Å². The molecule has 0 saturated heterocycles.